The van der Waals surface area contributed by atoms with Gasteiger partial charge in [0.1, 0.15) is 0 Å². The van der Waals surface area contributed by atoms with Gasteiger partial charge in [0.2, 0.25) is 0 Å². The minimum absolute atomic E-state index is 0. The Balaban J connectivity index is 0.00000196. The van der Waals surface area contributed by atoms with Crippen LogP contribution >= 0.6 is 35.6 Å². The third-order valence-electron chi connectivity index (χ3n) is 4.14. The van der Waals surface area contributed by atoms with E-state index in [4.69, 9.17) is 23.2 Å². The average molecular weight is 407 g/mol. The minimum atomic E-state index is -0.153. The van der Waals surface area contributed by atoms with Gasteiger partial charge in [-0.3, -0.25) is 14.9 Å². The molecule has 1 N–H and O–H groups in total. The number of pyridine rings is 1. The van der Waals surface area contributed by atoms with Crippen LogP contribution in [0.25, 0.3) is 27.7 Å². The van der Waals surface area contributed by atoms with Crippen molar-refractivity contribution in [3.8, 4) is 16.8 Å². The maximum Gasteiger partial charge on any atom is 0.280 e. The number of hydrogen-bond donors (Lipinski definition) is 1. The Labute approximate surface area is 165 Å². The van der Waals surface area contributed by atoms with Gasteiger partial charge in [-0.15, -0.1) is 12.4 Å². The summed E-state index contributed by atoms with van der Waals surface area (Å²) in [5.74, 6) is 0. The molecule has 0 aliphatic rings. The molecule has 0 amide bonds. The highest BCUT2D eigenvalue weighted by Crippen LogP contribution is 2.29. The van der Waals surface area contributed by atoms with Crippen molar-refractivity contribution in [3.63, 3.8) is 0 Å². The normalized spacial score (nSPS) is 10.7. The lowest BCUT2D eigenvalue weighted by atomic mass is 10.0. The molecule has 26 heavy (non-hydrogen) atoms. The van der Waals surface area contributed by atoms with Crippen LogP contribution in [0.3, 0.4) is 0 Å². The molecule has 0 spiro atoms. The van der Waals surface area contributed by atoms with E-state index in [-0.39, 0.29) is 18.0 Å². The van der Waals surface area contributed by atoms with Gasteiger partial charge in [0.05, 0.1) is 16.6 Å². The molecule has 0 aliphatic heterocycles. The van der Waals surface area contributed by atoms with Gasteiger partial charge < -0.3 is 0 Å². The summed E-state index contributed by atoms with van der Waals surface area (Å²) in [5.41, 5.74) is 3.97. The van der Waals surface area contributed by atoms with Crippen molar-refractivity contribution in [2.45, 2.75) is 6.92 Å². The number of benzene rings is 2. The molecule has 4 nitrogen and oxygen atoms in total. The first kappa shape index (κ1) is 18.5. The van der Waals surface area contributed by atoms with Crippen LogP contribution in [0.1, 0.15) is 5.69 Å². The third-order valence-corrected chi connectivity index (χ3v) is 4.65. The zero-order valence-electron chi connectivity index (χ0n) is 13.7. The number of fused-ring (bicyclic) bond motifs is 1. The van der Waals surface area contributed by atoms with E-state index in [9.17, 15) is 4.79 Å². The average Bonchev–Trinajstić information content (AvgIpc) is 2.93. The van der Waals surface area contributed by atoms with Gasteiger partial charge in [-0.25, -0.2) is 4.68 Å². The van der Waals surface area contributed by atoms with E-state index in [1.807, 2.05) is 31.2 Å². The number of nitrogens with one attached hydrogen (secondary N) is 1. The second-order valence-electron chi connectivity index (χ2n) is 5.74. The molecule has 7 heteroatoms. The molecule has 2 aromatic heterocycles. The molecule has 0 saturated carbocycles. The van der Waals surface area contributed by atoms with E-state index in [2.05, 4.69) is 10.1 Å². The number of aromatic nitrogens is 3. The van der Waals surface area contributed by atoms with Gasteiger partial charge >= 0.3 is 0 Å². The number of halogens is 3. The minimum Gasteiger partial charge on any atom is -0.290 e. The molecule has 0 fully saturated rings. The van der Waals surface area contributed by atoms with Gasteiger partial charge in [0.15, 0.2) is 0 Å². The molecular weight excluding hydrogens is 393 g/mol. The van der Waals surface area contributed by atoms with Crippen LogP contribution in [-0.2, 0) is 0 Å². The van der Waals surface area contributed by atoms with Crippen molar-refractivity contribution in [2.24, 2.45) is 0 Å². The SMILES string of the molecule is Cc1ncc2c(=O)n(-c3ccc(Cl)cc3)[nH]c2c1-c1ccc(Cl)cc1.Cl. The number of nitrogens with zero attached hydrogens (tertiary/aromatic N) is 2. The molecule has 4 rings (SSSR count). The van der Waals surface area contributed by atoms with Gasteiger partial charge in [-0.1, -0.05) is 35.3 Å². The molecular formula is C19H14Cl3N3O. The van der Waals surface area contributed by atoms with Crippen LogP contribution in [0.15, 0.2) is 59.5 Å². The van der Waals surface area contributed by atoms with E-state index in [0.29, 0.717) is 21.1 Å². The summed E-state index contributed by atoms with van der Waals surface area (Å²) in [7, 11) is 0. The van der Waals surface area contributed by atoms with Crippen LogP contribution in [0.5, 0.6) is 0 Å². The van der Waals surface area contributed by atoms with Crippen LogP contribution < -0.4 is 5.56 Å². The molecule has 0 aliphatic carbocycles. The number of H-pyrrole nitrogens is 1. The Bertz CT molecular complexity index is 1130. The van der Waals surface area contributed by atoms with Crippen molar-refractivity contribution in [2.75, 3.05) is 0 Å². The van der Waals surface area contributed by atoms with E-state index in [1.54, 1.807) is 30.5 Å². The Morgan fingerprint density at radius 1 is 0.962 bits per heavy atom. The van der Waals surface area contributed by atoms with E-state index in [1.165, 1.54) is 4.68 Å². The summed E-state index contributed by atoms with van der Waals surface area (Å²) in [6, 6.07) is 14.6. The standard InChI is InChI=1S/C19H13Cl2N3O.ClH/c1-11-17(12-2-4-13(20)5-3-12)18-16(10-22-11)19(25)24(23-18)15-8-6-14(21)7-9-15;/h2-10,23H,1H3;1H. The molecule has 4 aromatic rings. The van der Waals surface area contributed by atoms with Crippen molar-refractivity contribution < 1.29 is 0 Å². The lowest BCUT2D eigenvalue weighted by molar-refractivity contribution is 0.864. The number of aromatic amines is 1. The largest absolute Gasteiger partial charge is 0.290 e. The summed E-state index contributed by atoms with van der Waals surface area (Å²) < 4.78 is 1.50. The lowest BCUT2D eigenvalue weighted by Gasteiger charge is -2.07. The molecule has 0 bridgehead atoms. The maximum atomic E-state index is 12.8. The van der Waals surface area contributed by atoms with Crippen molar-refractivity contribution in [3.05, 3.63) is 80.8 Å². The molecule has 0 atom stereocenters. The zero-order chi connectivity index (χ0) is 17.6. The molecule has 132 valence electrons. The molecule has 2 heterocycles. The van der Waals surface area contributed by atoms with Gasteiger partial charge in [0, 0.05) is 27.5 Å². The maximum absolute atomic E-state index is 12.8. The smallest absolute Gasteiger partial charge is 0.280 e. The number of aryl methyl sites for hydroxylation is 1. The fourth-order valence-electron chi connectivity index (χ4n) is 2.91. The summed E-state index contributed by atoms with van der Waals surface area (Å²) in [6.45, 7) is 1.92. The molecule has 2 aromatic carbocycles. The first-order valence-electron chi connectivity index (χ1n) is 7.67. The lowest BCUT2D eigenvalue weighted by Crippen LogP contribution is -2.14. The van der Waals surface area contributed by atoms with Crippen LogP contribution in [0, 0.1) is 6.92 Å². The van der Waals surface area contributed by atoms with Crippen molar-refractivity contribution >= 4 is 46.5 Å². The monoisotopic (exact) mass is 405 g/mol. The van der Waals surface area contributed by atoms with Crippen LogP contribution in [0.4, 0.5) is 0 Å². The van der Waals surface area contributed by atoms with Gasteiger partial charge in [0.25, 0.3) is 5.56 Å². The topological polar surface area (TPSA) is 50.7 Å². The summed E-state index contributed by atoms with van der Waals surface area (Å²) in [4.78, 5) is 17.2. The van der Waals surface area contributed by atoms with Crippen LogP contribution in [-0.4, -0.2) is 14.8 Å². The van der Waals surface area contributed by atoms with Crippen molar-refractivity contribution in [1.82, 2.24) is 14.8 Å². The van der Waals surface area contributed by atoms with Crippen molar-refractivity contribution in [1.29, 1.82) is 0 Å². The molecule has 0 saturated heterocycles. The summed E-state index contributed by atoms with van der Waals surface area (Å²) in [6.07, 6.45) is 1.61. The molecule has 0 unspecified atom stereocenters. The third kappa shape index (κ3) is 3.12. The first-order valence-corrected chi connectivity index (χ1v) is 8.42. The Kier molecular flexibility index (Phi) is 5.10. The Hall–Kier alpha value is -2.27. The number of hydrogen-bond acceptors (Lipinski definition) is 2. The highest BCUT2D eigenvalue weighted by Gasteiger charge is 2.15. The van der Waals surface area contributed by atoms with E-state index in [0.717, 1.165) is 22.3 Å². The predicted molar refractivity (Wildman–Crippen MR) is 109 cm³/mol. The fraction of sp³-hybridized carbons (Fsp3) is 0.0526. The first-order chi connectivity index (χ1) is 12.0. The highest BCUT2D eigenvalue weighted by molar-refractivity contribution is 6.30. The molecule has 0 radical (unpaired) electrons. The second kappa shape index (κ2) is 7.16. The zero-order valence-corrected chi connectivity index (χ0v) is 16.0. The van der Waals surface area contributed by atoms with E-state index >= 15 is 0 Å². The predicted octanol–water partition coefficient (Wildman–Crippen LogP) is 5.42. The van der Waals surface area contributed by atoms with E-state index < -0.39 is 0 Å². The summed E-state index contributed by atoms with van der Waals surface area (Å²) in [5, 5.41) is 5.02. The Morgan fingerprint density at radius 3 is 2.15 bits per heavy atom. The van der Waals surface area contributed by atoms with Gasteiger partial charge in [-0.05, 0) is 48.9 Å². The summed E-state index contributed by atoms with van der Waals surface area (Å²) >= 11 is 11.9. The second-order valence-corrected chi connectivity index (χ2v) is 6.62. The Morgan fingerprint density at radius 2 is 1.54 bits per heavy atom. The highest BCUT2D eigenvalue weighted by atomic mass is 35.5. The number of rotatable bonds is 2. The quantitative estimate of drug-likeness (QED) is 0.483. The van der Waals surface area contributed by atoms with Gasteiger partial charge in [-0.2, -0.15) is 0 Å². The fourth-order valence-corrected chi connectivity index (χ4v) is 3.16. The van der Waals surface area contributed by atoms with Crippen LogP contribution in [0.2, 0.25) is 10.0 Å².